The summed E-state index contributed by atoms with van der Waals surface area (Å²) in [5.41, 5.74) is 1.32. The van der Waals surface area contributed by atoms with E-state index in [4.69, 9.17) is 9.72 Å². The summed E-state index contributed by atoms with van der Waals surface area (Å²) < 4.78 is 5.27. The third-order valence-corrected chi connectivity index (χ3v) is 3.97. The first-order valence-corrected chi connectivity index (χ1v) is 7.96. The summed E-state index contributed by atoms with van der Waals surface area (Å²) in [4.78, 5) is 8.25. The number of anilines is 1. The maximum absolute atomic E-state index is 5.27. The second kappa shape index (κ2) is 7.38. The quantitative estimate of drug-likeness (QED) is 0.838. The molecule has 0 aliphatic heterocycles. The van der Waals surface area contributed by atoms with Crippen molar-refractivity contribution in [3.8, 4) is 0 Å². The highest BCUT2D eigenvalue weighted by Gasteiger charge is 2.18. The molecular formula is C15H29N3OS. The molecule has 0 saturated heterocycles. The summed E-state index contributed by atoms with van der Waals surface area (Å²) in [6.45, 7) is 13.5. The minimum atomic E-state index is 0.262. The number of aromatic nitrogens is 1. The summed E-state index contributed by atoms with van der Waals surface area (Å²) in [6.07, 6.45) is 0. The molecule has 1 rings (SSSR count). The Morgan fingerprint density at radius 3 is 2.50 bits per heavy atom. The number of thiazole rings is 1. The van der Waals surface area contributed by atoms with E-state index in [1.165, 1.54) is 4.88 Å². The molecule has 0 spiro atoms. The van der Waals surface area contributed by atoms with Crippen molar-refractivity contribution in [2.75, 3.05) is 25.6 Å². The van der Waals surface area contributed by atoms with E-state index < -0.39 is 0 Å². The number of rotatable bonds is 7. The molecule has 20 heavy (non-hydrogen) atoms. The van der Waals surface area contributed by atoms with Crippen LogP contribution in [0.25, 0.3) is 0 Å². The second-order valence-electron chi connectivity index (χ2n) is 6.75. The molecular weight excluding hydrogens is 270 g/mol. The first-order chi connectivity index (χ1) is 9.23. The van der Waals surface area contributed by atoms with E-state index in [-0.39, 0.29) is 5.41 Å². The van der Waals surface area contributed by atoms with Gasteiger partial charge in [-0.3, -0.25) is 0 Å². The Hall–Kier alpha value is -0.650. The fourth-order valence-corrected chi connectivity index (χ4v) is 2.97. The highest BCUT2D eigenvalue weighted by atomic mass is 32.1. The number of nitrogens with one attached hydrogen (secondary N) is 1. The van der Waals surface area contributed by atoms with Crippen LogP contribution < -0.4 is 10.2 Å². The summed E-state index contributed by atoms with van der Waals surface area (Å²) in [7, 11) is 3.83. The monoisotopic (exact) mass is 299 g/mol. The first-order valence-electron chi connectivity index (χ1n) is 7.15. The SMILES string of the molecule is COCc1nc(N(C)CC(C)(C)C)sc1CNC(C)C. The maximum Gasteiger partial charge on any atom is 0.185 e. The lowest BCUT2D eigenvalue weighted by atomic mass is 9.96. The van der Waals surface area contributed by atoms with Gasteiger partial charge in [0.05, 0.1) is 12.3 Å². The second-order valence-corrected chi connectivity index (χ2v) is 7.81. The van der Waals surface area contributed by atoms with Crippen LogP contribution in [0, 0.1) is 5.41 Å². The van der Waals surface area contributed by atoms with Crippen LogP contribution in [-0.4, -0.2) is 31.7 Å². The number of hydrogen-bond acceptors (Lipinski definition) is 5. The van der Waals surface area contributed by atoms with Gasteiger partial charge in [0.1, 0.15) is 0 Å². The molecule has 116 valence electrons. The highest BCUT2D eigenvalue weighted by Crippen LogP contribution is 2.28. The fraction of sp³-hybridized carbons (Fsp3) is 0.800. The van der Waals surface area contributed by atoms with E-state index in [0.717, 1.165) is 23.9 Å². The van der Waals surface area contributed by atoms with Crippen LogP contribution in [0.2, 0.25) is 0 Å². The molecule has 0 radical (unpaired) electrons. The summed E-state index contributed by atoms with van der Waals surface area (Å²) in [5, 5.41) is 4.53. The normalized spacial score (nSPS) is 12.2. The topological polar surface area (TPSA) is 37.4 Å². The van der Waals surface area contributed by atoms with Gasteiger partial charge in [0.2, 0.25) is 0 Å². The smallest absolute Gasteiger partial charge is 0.185 e. The van der Waals surface area contributed by atoms with Crippen LogP contribution in [0.1, 0.15) is 45.2 Å². The molecule has 0 amide bonds. The van der Waals surface area contributed by atoms with Crippen LogP contribution in [-0.2, 0) is 17.9 Å². The van der Waals surface area contributed by atoms with Gasteiger partial charge in [-0.1, -0.05) is 34.6 Å². The van der Waals surface area contributed by atoms with E-state index in [1.807, 2.05) is 0 Å². The van der Waals surface area contributed by atoms with E-state index in [1.54, 1.807) is 18.4 Å². The van der Waals surface area contributed by atoms with Crippen molar-refractivity contribution in [3.63, 3.8) is 0 Å². The Morgan fingerprint density at radius 1 is 1.35 bits per heavy atom. The lowest BCUT2D eigenvalue weighted by molar-refractivity contribution is 0.181. The average molecular weight is 299 g/mol. The van der Waals surface area contributed by atoms with E-state index >= 15 is 0 Å². The van der Waals surface area contributed by atoms with Crippen LogP contribution >= 0.6 is 11.3 Å². The van der Waals surface area contributed by atoms with Crippen molar-refractivity contribution in [1.82, 2.24) is 10.3 Å². The standard InChI is InChI=1S/C15H29N3OS/c1-11(2)16-8-13-12(9-19-7)17-14(20-13)18(6)10-15(3,4)5/h11,16H,8-10H2,1-7H3. The van der Waals surface area contributed by atoms with Crippen molar-refractivity contribution < 1.29 is 4.74 Å². The Kier molecular flexibility index (Phi) is 6.43. The van der Waals surface area contributed by atoms with Crippen molar-refractivity contribution in [3.05, 3.63) is 10.6 Å². The highest BCUT2D eigenvalue weighted by molar-refractivity contribution is 7.15. The average Bonchev–Trinajstić information content (AvgIpc) is 2.68. The number of ether oxygens (including phenoxy) is 1. The van der Waals surface area contributed by atoms with Gasteiger partial charge in [0.25, 0.3) is 0 Å². The molecule has 0 aliphatic carbocycles. The first kappa shape index (κ1) is 17.4. The largest absolute Gasteiger partial charge is 0.378 e. The van der Waals surface area contributed by atoms with Gasteiger partial charge in [-0.25, -0.2) is 4.98 Å². The predicted molar refractivity (Wildman–Crippen MR) is 87.5 cm³/mol. The Labute approximate surface area is 127 Å². The number of nitrogens with zero attached hydrogens (tertiary/aromatic N) is 2. The maximum atomic E-state index is 5.27. The molecule has 1 N–H and O–H groups in total. The van der Waals surface area contributed by atoms with Crippen LogP contribution in [0.15, 0.2) is 0 Å². The van der Waals surface area contributed by atoms with Gasteiger partial charge >= 0.3 is 0 Å². The lowest BCUT2D eigenvalue weighted by Gasteiger charge is -2.26. The van der Waals surface area contributed by atoms with E-state index in [9.17, 15) is 0 Å². The summed E-state index contributed by atoms with van der Waals surface area (Å²) in [6, 6.07) is 0.475. The van der Waals surface area contributed by atoms with Gasteiger partial charge in [-0.15, -0.1) is 11.3 Å². The van der Waals surface area contributed by atoms with Crippen molar-refractivity contribution in [2.45, 2.75) is 53.8 Å². The minimum absolute atomic E-state index is 0.262. The molecule has 0 aromatic carbocycles. The molecule has 0 fully saturated rings. The molecule has 0 atom stereocenters. The van der Waals surface area contributed by atoms with Crippen LogP contribution in [0.5, 0.6) is 0 Å². The predicted octanol–water partition coefficient (Wildman–Crippen LogP) is 3.27. The Balaban J connectivity index is 2.84. The molecule has 1 aromatic rings. The molecule has 4 nitrogen and oxygen atoms in total. The number of hydrogen-bond donors (Lipinski definition) is 1. The van der Waals surface area contributed by atoms with Crippen molar-refractivity contribution >= 4 is 16.5 Å². The third kappa shape index (κ3) is 5.77. The zero-order chi connectivity index (χ0) is 15.3. The fourth-order valence-electron chi connectivity index (χ4n) is 2.00. The van der Waals surface area contributed by atoms with Gasteiger partial charge in [0.15, 0.2) is 5.13 Å². The number of methoxy groups -OCH3 is 1. The molecule has 5 heteroatoms. The minimum Gasteiger partial charge on any atom is -0.378 e. The lowest BCUT2D eigenvalue weighted by Crippen LogP contribution is -2.28. The van der Waals surface area contributed by atoms with Crippen molar-refractivity contribution in [2.24, 2.45) is 5.41 Å². The van der Waals surface area contributed by atoms with Crippen molar-refractivity contribution in [1.29, 1.82) is 0 Å². The molecule has 1 heterocycles. The third-order valence-electron chi connectivity index (χ3n) is 2.76. The van der Waals surface area contributed by atoms with Crippen LogP contribution in [0.3, 0.4) is 0 Å². The Bertz CT molecular complexity index is 410. The van der Waals surface area contributed by atoms with Crippen LogP contribution in [0.4, 0.5) is 5.13 Å². The molecule has 0 aliphatic rings. The Morgan fingerprint density at radius 2 is 2.00 bits per heavy atom. The molecule has 0 saturated carbocycles. The summed E-state index contributed by atoms with van der Waals surface area (Å²) >= 11 is 1.76. The van der Waals surface area contributed by atoms with E-state index in [0.29, 0.717) is 12.6 Å². The zero-order valence-corrected chi connectivity index (χ0v) is 14.7. The molecule has 0 unspecified atom stereocenters. The van der Waals surface area contributed by atoms with Gasteiger partial charge in [-0.05, 0) is 5.41 Å². The molecule has 1 aromatic heterocycles. The van der Waals surface area contributed by atoms with Gasteiger partial charge < -0.3 is 15.0 Å². The summed E-state index contributed by atoms with van der Waals surface area (Å²) in [5.74, 6) is 0. The van der Waals surface area contributed by atoms with Gasteiger partial charge in [0, 0.05) is 38.2 Å². The molecule has 0 bridgehead atoms. The van der Waals surface area contributed by atoms with Gasteiger partial charge in [-0.2, -0.15) is 0 Å². The van der Waals surface area contributed by atoms with E-state index in [2.05, 4.69) is 51.9 Å². The zero-order valence-electron chi connectivity index (χ0n) is 13.9.